The summed E-state index contributed by atoms with van der Waals surface area (Å²) in [5, 5.41) is 3.16. The predicted molar refractivity (Wildman–Crippen MR) is 44.7 cm³/mol. The van der Waals surface area contributed by atoms with Crippen LogP contribution < -0.4 is 5.32 Å². The van der Waals surface area contributed by atoms with Crippen molar-refractivity contribution in [3.63, 3.8) is 0 Å². The first-order chi connectivity index (χ1) is 5.27. The molecule has 3 heteroatoms. The lowest BCUT2D eigenvalue weighted by molar-refractivity contribution is -0.116. The molecular formula is C8H17NO2. The maximum Gasteiger partial charge on any atom is 0.129 e. The molecular weight excluding hydrogens is 142 g/mol. The van der Waals surface area contributed by atoms with Crippen LogP contribution in [0.4, 0.5) is 0 Å². The standard InChI is InChI=1S/C4H9NO.C4H8O/c1-3-6-4-2-5-1;1-3-4(2)5/h5H,1-4H2;3H2,1-2H3. The van der Waals surface area contributed by atoms with Gasteiger partial charge in [-0.15, -0.1) is 0 Å². The average molecular weight is 159 g/mol. The Morgan fingerprint density at radius 2 is 1.91 bits per heavy atom. The van der Waals surface area contributed by atoms with Crippen LogP contribution in [0, 0.1) is 0 Å². The number of nitrogens with one attached hydrogen (secondary N) is 1. The van der Waals surface area contributed by atoms with Gasteiger partial charge in [-0.05, 0) is 6.92 Å². The minimum absolute atomic E-state index is 0.255. The highest BCUT2D eigenvalue weighted by molar-refractivity contribution is 5.74. The second kappa shape index (κ2) is 7.69. The Bertz CT molecular complexity index is 88.8. The molecule has 0 aromatic rings. The summed E-state index contributed by atoms with van der Waals surface area (Å²) in [6.45, 7) is 7.27. The maximum atomic E-state index is 9.81. The van der Waals surface area contributed by atoms with Crippen molar-refractivity contribution in [2.75, 3.05) is 26.3 Å². The molecule has 1 aliphatic heterocycles. The lowest BCUT2D eigenvalue weighted by Gasteiger charge is -2.10. The van der Waals surface area contributed by atoms with E-state index in [1.807, 2.05) is 6.92 Å². The van der Waals surface area contributed by atoms with E-state index in [9.17, 15) is 4.79 Å². The molecule has 0 aromatic heterocycles. The van der Waals surface area contributed by atoms with Crippen molar-refractivity contribution < 1.29 is 9.53 Å². The first kappa shape index (κ1) is 10.6. The molecule has 0 bridgehead atoms. The van der Waals surface area contributed by atoms with E-state index in [1.165, 1.54) is 0 Å². The van der Waals surface area contributed by atoms with Crippen molar-refractivity contribution in [2.24, 2.45) is 0 Å². The Morgan fingerprint density at radius 1 is 1.45 bits per heavy atom. The van der Waals surface area contributed by atoms with Gasteiger partial charge in [0.2, 0.25) is 0 Å². The first-order valence-corrected chi connectivity index (χ1v) is 4.05. The Balaban J connectivity index is 0.000000187. The lowest BCUT2D eigenvalue weighted by Crippen LogP contribution is -2.30. The first-order valence-electron chi connectivity index (χ1n) is 4.05. The fourth-order valence-electron chi connectivity index (χ4n) is 0.516. The fraction of sp³-hybridized carbons (Fsp3) is 0.875. The van der Waals surface area contributed by atoms with Gasteiger partial charge in [0.15, 0.2) is 0 Å². The van der Waals surface area contributed by atoms with Gasteiger partial charge in [0.1, 0.15) is 5.78 Å². The molecule has 0 aliphatic carbocycles. The Hall–Kier alpha value is -0.410. The molecule has 1 heterocycles. The van der Waals surface area contributed by atoms with E-state index in [1.54, 1.807) is 6.92 Å². The molecule has 0 spiro atoms. The van der Waals surface area contributed by atoms with E-state index < -0.39 is 0 Å². The largest absolute Gasteiger partial charge is 0.379 e. The van der Waals surface area contributed by atoms with E-state index in [4.69, 9.17) is 4.74 Å². The van der Waals surface area contributed by atoms with Gasteiger partial charge in [0.05, 0.1) is 13.2 Å². The van der Waals surface area contributed by atoms with Crippen molar-refractivity contribution in [2.45, 2.75) is 20.3 Å². The van der Waals surface area contributed by atoms with Crippen LogP contribution in [0.25, 0.3) is 0 Å². The summed E-state index contributed by atoms with van der Waals surface area (Å²) in [6, 6.07) is 0. The maximum absolute atomic E-state index is 9.81. The van der Waals surface area contributed by atoms with Crippen LogP contribution in [0.5, 0.6) is 0 Å². The molecule has 0 aromatic carbocycles. The smallest absolute Gasteiger partial charge is 0.129 e. The Morgan fingerprint density at radius 3 is 2.00 bits per heavy atom. The Labute approximate surface area is 68.1 Å². The van der Waals surface area contributed by atoms with Crippen LogP contribution in [-0.2, 0) is 9.53 Å². The number of rotatable bonds is 1. The molecule has 0 radical (unpaired) electrons. The summed E-state index contributed by atoms with van der Waals surface area (Å²) in [4.78, 5) is 9.81. The highest BCUT2D eigenvalue weighted by Gasteiger charge is 1.92. The SMILES string of the molecule is C1COCCN1.CCC(C)=O. The molecule has 1 saturated heterocycles. The quantitative estimate of drug-likeness (QED) is 0.608. The third-order valence-corrected chi connectivity index (χ3v) is 1.34. The van der Waals surface area contributed by atoms with E-state index in [-0.39, 0.29) is 5.78 Å². The van der Waals surface area contributed by atoms with Gasteiger partial charge in [-0.1, -0.05) is 6.92 Å². The summed E-state index contributed by atoms with van der Waals surface area (Å²) in [6.07, 6.45) is 0.667. The molecule has 0 amide bonds. The second-order valence-electron chi connectivity index (χ2n) is 2.42. The van der Waals surface area contributed by atoms with Crippen molar-refractivity contribution in [3.05, 3.63) is 0 Å². The topological polar surface area (TPSA) is 38.3 Å². The van der Waals surface area contributed by atoms with Gasteiger partial charge in [0, 0.05) is 19.5 Å². The molecule has 11 heavy (non-hydrogen) atoms. The van der Waals surface area contributed by atoms with Crippen molar-refractivity contribution in [1.29, 1.82) is 0 Å². The zero-order valence-electron chi connectivity index (χ0n) is 7.35. The molecule has 1 N–H and O–H groups in total. The predicted octanol–water partition coefficient (Wildman–Crippen LogP) is 0.592. The molecule has 0 atom stereocenters. The van der Waals surface area contributed by atoms with Crippen LogP contribution in [0.3, 0.4) is 0 Å². The summed E-state index contributed by atoms with van der Waals surface area (Å²) >= 11 is 0. The third kappa shape index (κ3) is 9.59. The minimum atomic E-state index is 0.255. The summed E-state index contributed by atoms with van der Waals surface area (Å²) < 4.78 is 5.01. The second-order valence-corrected chi connectivity index (χ2v) is 2.42. The van der Waals surface area contributed by atoms with E-state index in [0.717, 1.165) is 26.3 Å². The van der Waals surface area contributed by atoms with E-state index >= 15 is 0 Å². The number of ether oxygens (including phenoxy) is 1. The summed E-state index contributed by atoms with van der Waals surface area (Å²) in [5.74, 6) is 0.255. The normalized spacial score (nSPS) is 16.5. The van der Waals surface area contributed by atoms with E-state index in [2.05, 4.69) is 5.32 Å². The van der Waals surface area contributed by atoms with Crippen LogP contribution >= 0.6 is 0 Å². The molecule has 0 saturated carbocycles. The van der Waals surface area contributed by atoms with Crippen LogP contribution in [0.15, 0.2) is 0 Å². The summed E-state index contributed by atoms with van der Waals surface area (Å²) in [5.41, 5.74) is 0. The number of Topliss-reactive ketones (excluding diaryl/α,β-unsaturated/α-hetero) is 1. The zero-order valence-corrected chi connectivity index (χ0v) is 7.35. The fourth-order valence-corrected chi connectivity index (χ4v) is 0.516. The van der Waals surface area contributed by atoms with Crippen molar-refractivity contribution in [3.8, 4) is 0 Å². The number of carbonyl (C=O) groups is 1. The third-order valence-electron chi connectivity index (χ3n) is 1.34. The Kier molecular flexibility index (Phi) is 7.41. The van der Waals surface area contributed by atoms with Gasteiger partial charge >= 0.3 is 0 Å². The van der Waals surface area contributed by atoms with Gasteiger partial charge in [-0.2, -0.15) is 0 Å². The molecule has 1 aliphatic rings. The van der Waals surface area contributed by atoms with Gasteiger partial charge in [0.25, 0.3) is 0 Å². The van der Waals surface area contributed by atoms with E-state index in [0.29, 0.717) is 6.42 Å². The van der Waals surface area contributed by atoms with Crippen LogP contribution in [0.1, 0.15) is 20.3 Å². The molecule has 0 unspecified atom stereocenters. The van der Waals surface area contributed by atoms with Crippen molar-refractivity contribution >= 4 is 5.78 Å². The zero-order chi connectivity index (χ0) is 8.53. The highest BCUT2D eigenvalue weighted by atomic mass is 16.5. The van der Waals surface area contributed by atoms with Crippen LogP contribution in [0.2, 0.25) is 0 Å². The lowest BCUT2D eigenvalue weighted by atomic mass is 10.4. The number of ketones is 1. The van der Waals surface area contributed by atoms with Crippen molar-refractivity contribution in [1.82, 2.24) is 5.32 Å². The number of hydrogen-bond donors (Lipinski definition) is 1. The highest BCUT2D eigenvalue weighted by Crippen LogP contribution is 1.76. The van der Waals surface area contributed by atoms with Gasteiger partial charge < -0.3 is 14.8 Å². The number of morpholine rings is 1. The van der Waals surface area contributed by atoms with Crippen LogP contribution in [-0.4, -0.2) is 32.1 Å². The molecule has 3 nitrogen and oxygen atoms in total. The molecule has 1 fully saturated rings. The molecule has 66 valence electrons. The number of hydrogen-bond acceptors (Lipinski definition) is 3. The van der Waals surface area contributed by atoms with Gasteiger partial charge in [-0.25, -0.2) is 0 Å². The average Bonchev–Trinajstić information content (AvgIpc) is 2.09. The monoisotopic (exact) mass is 159 g/mol. The summed E-state index contributed by atoms with van der Waals surface area (Å²) in [7, 11) is 0. The number of carbonyl (C=O) groups excluding carboxylic acids is 1. The molecule has 1 rings (SSSR count). The van der Waals surface area contributed by atoms with Gasteiger partial charge in [-0.3, -0.25) is 0 Å². The minimum Gasteiger partial charge on any atom is -0.379 e.